The molecule has 3 heteroatoms. The molecule has 0 saturated heterocycles. The lowest BCUT2D eigenvalue weighted by Crippen LogP contribution is -2.05. The highest BCUT2D eigenvalue weighted by atomic mass is 35.5. The molecule has 0 unspecified atom stereocenters. The number of rotatable bonds is 6. The Labute approximate surface area is 119 Å². The lowest BCUT2D eigenvalue weighted by Gasteiger charge is -2.07. The summed E-state index contributed by atoms with van der Waals surface area (Å²) < 4.78 is 5.72. The summed E-state index contributed by atoms with van der Waals surface area (Å²) in [5.74, 6) is 0. The summed E-state index contributed by atoms with van der Waals surface area (Å²) in [7, 11) is 1.95. The number of halogens is 1. The Bertz CT molecular complexity index is 510. The number of benzene rings is 2. The van der Waals surface area contributed by atoms with Crippen LogP contribution in [0, 0.1) is 0 Å². The van der Waals surface area contributed by atoms with Crippen molar-refractivity contribution in [3.05, 3.63) is 70.2 Å². The van der Waals surface area contributed by atoms with Crippen LogP contribution in [-0.4, -0.2) is 7.05 Å². The van der Waals surface area contributed by atoms with E-state index in [1.165, 1.54) is 11.1 Å². The average Bonchev–Trinajstić information content (AvgIpc) is 2.42. The molecule has 0 aromatic heterocycles. The fourth-order valence-electron chi connectivity index (χ4n) is 1.90. The van der Waals surface area contributed by atoms with Gasteiger partial charge in [-0.2, -0.15) is 0 Å². The van der Waals surface area contributed by atoms with E-state index in [0.29, 0.717) is 13.2 Å². The van der Waals surface area contributed by atoms with Crippen LogP contribution in [-0.2, 0) is 24.5 Å². The molecular formula is C16H18ClNO. The standard InChI is InChI=1S/C16H18ClNO/c1-18-10-14-3-2-4-15(9-14)12-19-11-13-5-7-16(17)8-6-13/h2-9,18H,10-12H2,1H3. The Morgan fingerprint density at radius 3 is 2.37 bits per heavy atom. The second-order valence-electron chi connectivity index (χ2n) is 4.47. The van der Waals surface area contributed by atoms with Crippen LogP contribution in [0.3, 0.4) is 0 Å². The van der Waals surface area contributed by atoms with Gasteiger partial charge in [0, 0.05) is 11.6 Å². The Balaban J connectivity index is 1.85. The normalized spacial score (nSPS) is 10.6. The highest BCUT2D eigenvalue weighted by molar-refractivity contribution is 6.30. The molecule has 0 spiro atoms. The third-order valence-electron chi connectivity index (χ3n) is 2.82. The number of nitrogens with one attached hydrogen (secondary N) is 1. The van der Waals surface area contributed by atoms with Gasteiger partial charge in [-0.15, -0.1) is 0 Å². The maximum Gasteiger partial charge on any atom is 0.0721 e. The summed E-state index contributed by atoms with van der Waals surface area (Å²) in [6.45, 7) is 2.11. The molecule has 0 aliphatic rings. The smallest absolute Gasteiger partial charge is 0.0721 e. The van der Waals surface area contributed by atoms with Gasteiger partial charge >= 0.3 is 0 Å². The molecule has 0 atom stereocenters. The van der Waals surface area contributed by atoms with Crippen molar-refractivity contribution >= 4 is 11.6 Å². The lowest BCUT2D eigenvalue weighted by atomic mass is 10.1. The van der Waals surface area contributed by atoms with E-state index in [1.807, 2.05) is 31.3 Å². The van der Waals surface area contributed by atoms with Gasteiger partial charge in [0.15, 0.2) is 0 Å². The summed E-state index contributed by atoms with van der Waals surface area (Å²) in [6, 6.07) is 16.2. The third kappa shape index (κ3) is 4.67. The fraction of sp³-hybridized carbons (Fsp3) is 0.250. The molecule has 2 nitrogen and oxygen atoms in total. The molecule has 0 amide bonds. The van der Waals surface area contributed by atoms with Gasteiger partial charge in [-0.05, 0) is 35.9 Å². The molecule has 0 aliphatic carbocycles. The Morgan fingerprint density at radius 1 is 0.947 bits per heavy atom. The van der Waals surface area contributed by atoms with E-state index in [2.05, 4.69) is 29.6 Å². The van der Waals surface area contributed by atoms with Gasteiger partial charge in [-0.25, -0.2) is 0 Å². The predicted molar refractivity (Wildman–Crippen MR) is 79.2 cm³/mol. The summed E-state index contributed by atoms with van der Waals surface area (Å²) in [6.07, 6.45) is 0. The van der Waals surface area contributed by atoms with Crippen molar-refractivity contribution in [3.8, 4) is 0 Å². The zero-order valence-corrected chi connectivity index (χ0v) is 11.8. The molecule has 0 fully saturated rings. The molecule has 2 rings (SSSR count). The number of ether oxygens (including phenoxy) is 1. The predicted octanol–water partition coefficient (Wildman–Crippen LogP) is 3.78. The van der Waals surface area contributed by atoms with E-state index in [-0.39, 0.29) is 0 Å². The molecule has 2 aromatic carbocycles. The van der Waals surface area contributed by atoms with Crippen LogP contribution in [0.1, 0.15) is 16.7 Å². The van der Waals surface area contributed by atoms with E-state index < -0.39 is 0 Å². The first-order valence-electron chi connectivity index (χ1n) is 6.32. The summed E-state index contributed by atoms with van der Waals surface area (Å²) in [5.41, 5.74) is 3.60. The van der Waals surface area contributed by atoms with E-state index in [9.17, 15) is 0 Å². The molecule has 0 aliphatic heterocycles. The SMILES string of the molecule is CNCc1cccc(COCc2ccc(Cl)cc2)c1. The van der Waals surface area contributed by atoms with Gasteiger partial charge in [0.25, 0.3) is 0 Å². The molecular weight excluding hydrogens is 258 g/mol. The van der Waals surface area contributed by atoms with Gasteiger partial charge < -0.3 is 10.1 Å². The van der Waals surface area contributed by atoms with E-state index in [4.69, 9.17) is 16.3 Å². The van der Waals surface area contributed by atoms with Crippen molar-refractivity contribution in [1.29, 1.82) is 0 Å². The maximum absolute atomic E-state index is 5.84. The summed E-state index contributed by atoms with van der Waals surface area (Å²) in [5, 5.41) is 3.90. The van der Waals surface area contributed by atoms with Crippen molar-refractivity contribution in [2.75, 3.05) is 7.05 Å². The van der Waals surface area contributed by atoms with Crippen LogP contribution in [0.5, 0.6) is 0 Å². The summed E-state index contributed by atoms with van der Waals surface area (Å²) in [4.78, 5) is 0. The van der Waals surface area contributed by atoms with E-state index in [1.54, 1.807) is 0 Å². The Morgan fingerprint density at radius 2 is 1.63 bits per heavy atom. The first-order chi connectivity index (χ1) is 9.28. The van der Waals surface area contributed by atoms with Crippen molar-refractivity contribution in [3.63, 3.8) is 0 Å². The molecule has 0 bridgehead atoms. The molecule has 0 saturated carbocycles. The van der Waals surface area contributed by atoms with Crippen molar-refractivity contribution in [2.45, 2.75) is 19.8 Å². The van der Waals surface area contributed by atoms with Crippen molar-refractivity contribution in [1.82, 2.24) is 5.32 Å². The van der Waals surface area contributed by atoms with E-state index >= 15 is 0 Å². The first kappa shape index (κ1) is 14.1. The second kappa shape index (κ2) is 7.29. The van der Waals surface area contributed by atoms with Gasteiger partial charge in [0.2, 0.25) is 0 Å². The molecule has 19 heavy (non-hydrogen) atoms. The molecule has 0 radical (unpaired) electrons. The topological polar surface area (TPSA) is 21.3 Å². The zero-order valence-electron chi connectivity index (χ0n) is 11.0. The summed E-state index contributed by atoms with van der Waals surface area (Å²) >= 11 is 5.84. The Kier molecular flexibility index (Phi) is 5.40. The quantitative estimate of drug-likeness (QED) is 0.866. The average molecular weight is 276 g/mol. The van der Waals surface area contributed by atoms with Crippen LogP contribution in [0.4, 0.5) is 0 Å². The number of hydrogen-bond acceptors (Lipinski definition) is 2. The van der Waals surface area contributed by atoms with Gasteiger partial charge in [0.05, 0.1) is 13.2 Å². The minimum absolute atomic E-state index is 0.605. The van der Waals surface area contributed by atoms with Crippen LogP contribution in [0.2, 0.25) is 5.02 Å². The fourth-order valence-corrected chi connectivity index (χ4v) is 2.03. The van der Waals surface area contributed by atoms with E-state index in [0.717, 1.165) is 17.1 Å². The molecule has 100 valence electrons. The highest BCUT2D eigenvalue weighted by Gasteiger charge is 1.97. The zero-order chi connectivity index (χ0) is 13.5. The first-order valence-corrected chi connectivity index (χ1v) is 6.70. The van der Waals surface area contributed by atoms with Gasteiger partial charge in [-0.3, -0.25) is 0 Å². The monoisotopic (exact) mass is 275 g/mol. The van der Waals surface area contributed by atoms with Crippen LogP contribution in [0.25, 0.3) is 0 Å². The minimum Gasteiger partial charge on any atom is -0.372 e. The van der Waals surface area contributed by atoms with Crippen LogP contribution < -0.4 is 5.32 Å². The van der Waals surface area contributed by atoms with Crippen molar-refractivity contribution in [2.24, 2.45) is 0 Å². The minimum atomic E-state index is 0.605. The van der Waals surface area contributed by atoms with Gasteiger partial charge in [0.1, 0.15) is 0 Å². The largest absolute Gasteiger partial charge is 0.372 e. The van der Waals surface area contributed by atoms with Crippen LogP contribution in [0.15, 0.2) is 48.5 Å². The number of hydrogen-bond donors (Lipinski definition) is 1. The second-order valence-corrected chi connectivity index (χ2v) is 4.91. The molecule has 1 N–H and O–H groups in total. The highest BCUT2D eigenvalue weighted by Crippen LogP contribution is 2.12. The Hall–Kier alpha value is -1.35. The molecule has 0 heterocycles. The van der Waals surface area contributed by atoms with Crippen LogP contribution >= 0.6 is 11.6 Å². The molecule has 2 aromatic rings. The maximum atomic E-state index is 5.84. The third-order valence-corrected chi connectivity index (χ3v) is 3.07. The van der Waals surface area contributed by atoms with Gasteiger partial charge in [-0.1, -0.05) is 48.0 Å². The lowest BCUT2D eigenvalue weighted by molar-refractivity contribution is 0.107. The van der Waals surface area contributed by atoms with Crippen molar-refractivity contribution < 1.29 is 4.74 Å².